The van der Waals surface area contributed by atoms with Crippen molar-refractivity contribution in [3.63, 3.8) is 0 Å². The fraction of sp³-hybridized carbons (Fsp3) is 1.00. The fourth-order valence-electron chi connectivity index (χ4n) is 2.25. The van der Waals surface area contributed by atoms with Crippen molar-refractivity contribution >= 4 is 10.4 Å². The van der Waals surface area contributed by atoms with Gasteiger partial charge in [0.15, 0.2) is 0 Å². The molecule has 4 nitrogen and oxygen atoms in total. The monoisotopic (exact) mass is 316 g/mol. The van der Waals surface area contributed by atoms with E-state index in [1.54, 1.807) is 0 Å². The van der Waals surface area contributed by atoms with Crippen molar-refractivity contribution in [2.24, 2.45) is 11.8 Å². The van der Waals surface area contributed by atoms with E-state index in [2.05, 4.69) is 18.0 Å². The Morgan fingerprint density at radius 3 is 2.10 bits per heavy atom. The minimum absolute atomic E-state index is 0. The Bertz CT molecular complexity index is 306. The zero-order valence-corrected chi connectivity index (χ0v) is 16.4. The van der Waals surface area contributed by atoms with Crippen molar-refractivity contribution in [2.75, 3.05) is 6.61 Å². The quantitative estimate of drug-likeness (QED) is 0.232. The molecule has 0 aromatic carbocycles. The molecular formula is C14H29NaO4S. The first-order chi connectivity index (χ1) is 8.89. The number of hydrogen-bond donors (Lipinski definition) is 0. The van der Waals surface area contributed by atoms with Crippen LogP contribution in [0.4, 0.5) is 0 Å². The van der Waals surface area contributed by atoms with Gasteiger partial charge < -0.3 is 4.55 Å². The molecule has 0 heterocycles. The molecule has 0 radical (unpaired) electrons. The standard InChI is InChI=1S/C14H30O4S.Na/c1-4-6-10-14(5-2)11-8-7-9-13(3)12-18-19(15,16)17;/h13-14H,4-12H2,1-3H3,(H,15,16,17);/q;+1/p-1. The summed E-state index contributed by atoms with van der Waals surface area (Å²) in [5, 5.41) is 0. The summed E-state index contributed by atoms with van der Waals surface area (Å²) in [6.45, 7) is 6.40. The second kappa shape index (κ2) is 13.5. The van der Waals surface area contributed by atoms with Crippen LogP contribution in [0, 0.1) is 11.8 Å². The van der Waals surface area contributed by atoms with Crippen molar-refractivity contribution in [1.29, 1.82) is 0 Å². The van der Waals surface area contributed by atoms with E-state index in [1.165, 1.54) is 38.5 Å². The summed E-state index contributed by atoms with van der Waals surface area (Å²) in [5.41, 5.74) is 0. The molecule has 2 atom stereocenters. The Hall–Kier alpha value is 0.870. The summed E-state index contributed by atoms with van der Waals surface area (Å²) >= 11 is 0. The van der Waals surface area contributed by atoms with Gasteiger partial charge in [0.25, 0.3) is 0 Å². The average Bonchev–Trinajstić information content (AvgIpc) is 2.34. The van der Waals surface area contributed by atoms with Gasteiger partial charge in [0.1, 0.15) is 0 Å². The minimum Gasteiger partial charge on any atom is -0.726 e. The number of rotatable bonds is 12. The summed E-state index contributed by atoms with van der Waals surface area (Å²) in [4.78, 5) is 0. The molecule has 116 valence electrons. The van der Waals surface area contributed by atoms with Crippen LogP contribution in [0.3, 0.4) is 0 Å². The first kappa shape index (κ1) is 23.1. The van der Waals surface area contributed by atoms with Gasteiger partial charge in [-0.25, -0.2) is 8.42 Å². The van der Waals surface area contributed by atoms with Gasteiger partial charge in [-0.15, -0.1) is 0 Å². The van der Waals surface area contributed by atoms with E-state index in [0.29, 0.717) is 0 Å². The Morgan fingerprint density at radius 1 is 1.05 bits per heavy atom. The van der Waals surface area contributed by atoms with Crippen LogP contribution >= 0.6 is 0 Å². The summed E-state index contributed by atoms with van der Waals surface area (Å²) in [7, 11) is -4.53. The molecule has 0 saturated heterocycles. The van der Waals surface area contributed by atoms with Crippen molar-refractivity contribution in [3.8, 4) is 0 Å². The molecule has 0 aliphatic carbocycles. The Morgan fingerprint density at radius 2 is 1.60 bits per heavy atom. The van der Waals surface area contributed by atoms with Gasteiger partial charge in [0.2, 0.25) is 10.4 Å². The normalized spacial score (nSPS) is 14.6. The third-order valence-electron chi connectivity index (χ3n) is 3.60. The number of unbranched alkanes of at least 4 members (excludes halogenated alkanes) is 2. The van der Waals surface area contributed by atoms with E-state index in [9.17, 15) is 13.0 Å². The zero-order valence-electron chi connectivity index (χ0n) is 13.6. The van der Waals surface area contributed by atoms with Crippen molar-refractivity contribution in [3.05, 3.63) is 0 Å². The second-order valence-corrected chi connectivity index (χ2v) is 6.55. The molecule has 0 amide bonds. The molecule has 0 N–H and O–H groups in total. The Balaban J connectivity index is 0. The number of hydrogen-bond acceptors (Lipinski definition) is 4. The van der Waals surface area contributed by atoms with Crippen molar-refractivity contribution in [2.45, 2.75) is 72.1 Å². The van der Waals surface area contributed by atoms with E-state index in [-0.39, 0.29) is 42.1 Å². The van der Waals surface area contributed by atoms with E-state index in [1.807, 2.05) is 6.92 Å². The molecule has 20 heavy (non-hydrogen) atoms. The van der Waals surface area contributed by atoms with Gasteiger partial charge in [-0.3, -0.25) is 4.18 Å². The minimum atomic E-state index is -4.53. The van der Waals surface area contributed by atoms with Crippen LogP contribution in [-0.2, 0) is 14.6 Å². The van der Waals surface area contributed by atoms with Crippen LogP contribution in [-0.4, -0.2) is 19.6 Å². The molecule has 0 fully saturated rings. The second-order valence-electron chi connectivity index (χ2n) is 5.50. The Kier molecular flexibility index (Phi) is 15.7. The first-order valence-electron chi connectivity index (χ1n) is 7.49. The Labute approximate surface area is 147 Å². The summed E-state index contributed by atoms with van der Waals surface area (Å²) in [6, 6.07) is 0. The van der Waals surface area contributed by atoms with E-state index < -0.39 is 10.4 Å². The SMILES string of the molecule is CCCCC(CC)CCCCC(C)COS(=O)(=O)[O-].[Na+]. The molecule has 0 rings (SSSR count). The summed E-state index contributed by atoms with van der Waals surface area (Å²) < 4.78 is 35.2. The molecule has 0 aliphatic rings. The molecule has 0 saturated carbocycles. The fourth-order valence-corrected chi connectivity index (χ4v) is 2.65. The first-order valence-corrected chi connectivity index (χ1v) is 8.82. The topological polar surface area (TPSA) is 66.4 Å². The molecule has 6 heteroatoms. The average molecular weight is 316 g/mol. The molecule has 0 bridgehead atoms. The van der Waals surface area contributed by atoms with Crippen LogP contribution in [0.15, 0.2) is 0 Å². The van der Waals surface area contributed by atoms with Crippen LogP contribution in [0.1, 0.15) is 72.1 Å². The van der Waals surface area contributed by atoms with Gasteiger partial charge >= 0.3 is 29.6 Å². The smallest absolute Gasteiger partial charge is 0.726 e. The van der Waals surface area contributed by atoms with Gasteiger partial charge in [-0.1, -0.05) is 65.7 Å². The molecule has 2 unspecified atom stereocenters. The van der Waals surface area contributed by atoms with Gasteiger partial charge in [-0.2, -0.15) is 0 Å². The van der Waals surface area contributed by atoms with E-state index in [0.717, 1.165) is 18.8 Å². The van der Waals surface area contributed by atoms with Crippen LogP contribution in [0.25, 0.3) is 0 Å². The molecule has 0 aromatic rings. The van der Waals surface area contributed by atoms with Gasteiger partial charge in [0, 0.05) is 0 Å². The van der Waals surface area contributed by atoms with E-state index in [4.69, 9.17) is 0 Å². The van der Waals surface area contributed by atoms with Crippen molar-refractivity contribution in [1.82, 2.24) is 0 Å². The maximum atomic E-state index is 10.3. The molecular weight excluding hydrogens is 287 g/mol. The summed E-state index contributed by atoms with van der Waals surface area (Å²) in [5.74, 6) is 0.952. The van der Waals surface area contributed by atoms with Gasteiger partial charge in [-0.05, 0) is 18.3 Å². The molecule has 0 aliphatic heterocycles. The zero-order chi connectivity index (χ0) is 14.7. The predicted molar refractivity (Wildman–Crippen MR) is 76.6 cm³/mol. The maximum absolute atomic E-state index is 10.3. The third-order valence-corrected chi connectivity index (χ3v) is 4.02. The van der Waals surface area contributed by atoms with Gasteiger partial charge in [0.05, 0.1) is 6.61 Å². The predicted octanol–water partition coefficient (Wildman–Crippen LogP) is 0.880. The third kappa shape index (κ3) is 15.3. The molecule has 0 spiro atoms. The summed E-state index contributed by atoms with van der Waals surface area (Å²) in [6.07, 6.45) is 9.55. The maximum Gasteiger partial charge on any atom is 1.00 e. The van der Waals surface area contributed by atoms with Crippen LogP contribution in [0.5, 0.6) is 0 Å². The van der Waals surface area contributed by atoms with Crippen molar-refractivity contribution < 1.29 is 46.7 Å². The largest absolute Gasteiger partial charge is 1.00 e. The van der Waals surface area contributed by atoms with E-state index >= 15 is 0 Å². The molecule has 0 aromatic heterocycles. The van der Waals surface area contributed by atoms with Crippen LogP contribution < -0.4 is 29.6 Å². The van der Waals surface area contributed by atoms with Crippen LogP contribution in [0.2, 0.25) is 0 Å².